The van der Waals surface area contributed by atoms with Crippen LogP contribution in [0.3, 0.4) is 0 Å². The first-order chi connectivity index (χ1) is 14.7. The minimum atomic E-state index is -0.471. The predicted octanol–water partition coefficient (Wildman–Crippen LogP) is 6.89. The number of hydrogen-bond donors (Lipinski definition) is 0. The molecule has 3 heteroatoms. The molecule has 1 heterocycles. The Morgan fingerprint density at radius 1 is 0.613 bits per heavy atom. The van der Waals surface area contributed by atoms with Crippen molar-refractivity contribution in [1.82, 2.24) is 0 Å². The van der Waals surface area contributed by atoms with Gasteiger partial charge in [0.2, 0.25) is 0 Å². The summed E-state index contributed by atoms with van der Waals surface area (Å²) >= 11 is 0. The highest BCUT2D eigenvalue weighted by molar-refractivity contribution is 6.71. The molecule has 0 aliphatic carbocycles. The van der Waals surface area contributed by atoms with E-state index in [1.54, 1.807) is 0 Å². The number of hydrogen-bond acceptors (Lipinski definition) is 2. The summed E-state index contributed by atoms with van der Waals surface area (Å²) in [6.07, 6.45) is 0. The first kappa shape index (κ1) is 21.6. The molecular weight excluding hydrogens is 379 g/mol. The zero-order chi connectivity index (χ0) is 22.2. The molecule has 0 atom stereocenters. The van der Waals surface area contributed by atoms with E-state index in [1.807, 2.05) is 6.07 Å². The van der Waals surface area contributed by atoms with Gasteiger partial charge in [-0.15, -0.1) is 0 Å². The third-order valence-electron chi connectivity index (χ3n) is 6.64. The van der Waals surface area contributed by atoms with Crippen molar-refractivity contribution in [3.05, 3.63) is 107 Å². The van der Waals surface area contributed by atoms with Crippen molar-refractivity contribution in [2.75, 3.05) is 0 Å². The zero-order valence-corrected chi connectivity index (χ0v) is 19.4. The van der Waals surface area contributed by atoms with Crippen molar-refractivity contribution in [3.8, 4) is 0 Å². The van der Waals surface area contributed by atoms with Crippen molar-refractivity contribution in [2.45, 2.75) is 52.7 Å². The maximum atomic E-state index is 6.60. The van der Waals surface area contributed by atoms with E-state index in [4.69, 9.17) is 9.31 Å². The van der Waals surface area contributed by atoms with Crippen LogP contribution in [0.4, 0.5) is 0 Å². The Labute approximate surface area is 187 Å². The smallest absolute Gasteiger partial charge is 0.399 e. The van der Waals surface area contributed by atoms with Crippen molar-refractivity contribution < 1.29 is 9.31 Å². The van der Waals surface area contributed by atoms with Crippen molar-refractivity contribution in [3.63, 3.8) is 0 Å². The Bertz CT molecular complexity index is 1060. The summed E-state index contributed by atoms with van der Waals surface area (Å²) in [5.41, 5.74) is 7.40. The average molecular weight is 410 g/mol. The zero-order valence-electron chi connectivity index (χ0n) is 19.4. The quantitative estimate of drug-likeness (QED) is 0.344. The highest BCUT2D eigenvalue weighted by Crippen LogP contribution is 2.44. The molecule has 0 N–H and O–H groups in total. The van der Waals surface area contributed by atoms with Gasteiger partial charge in [-0.3, -0.25) is 0 Å². The van der Waals surface area contributed by atoms with Crippen LogP contribution < -0.4 is 0 Å². The summed E-state index contributed by atoms with van der Waals surface area (Å²) in [4.78, 5) is 0. The fraction of sp³-hybridized carbons (Fsp3) is 0.286. The molecule has 0 amide bonds. The summed E-state index contributed by atoms with van der Waals surface area (Å²) in [5, 5.41) is 0. The number of aryl methyl sites for hydroxylation is 2. The lowest BCUT2D eigenvalue weighted by atomic mass is 9.68. The standard InChI is InChI=1S/C28H31BO2/c1-20-14-13-15-21(2)24(20)25(22-16-9-7-10-17-22)26(23-18-11-8-12-19-23)29-30-27(3,4)28(5,6)31-29/h7-19H,1-6H3/b26-25+. The van der Waals surface area contributed by atoms with Crippen LogP contribution in [0, 0.1) is 13.8 Å². The van der Waals surface area contributed by atoms with Crippen LogP contribution in [0.1, 0.15) is 55.5 Å². The number of benzene rings is 3. The van der Waals surface area contributed by atoms with Crippen LogP contribution >= 0.6 is 0 Å². The third kappa shape index (κ3) is 4.00. The van der Waals surface area contributed by atoms with Gasteiger partial charge in [0.15, 0.2) is 0 Å². The summed E-state index contributed by atoms with van der Waals surface area (Å²) < 4.78 is 13.2. The Morgan fingerprint density at radius 2 is 1.06 bits per heavy atom. The second-order valence-electron chi connectivity index (χ2n) is 9.38. The fourth-order valence-corrected chi connectivity index (χ4v) is 4.23. The van der Waals surface area contributed by atoms with E-state index in [0.717, 1.165) is 16.6 Å². The molecule has 0 unspecified atom stereocenters. The van der Waals surface area contributed by atoms with Gasteiger partial charge in [0.25, 0.3) is 0 Å². The Morgan fingerprint density at radius 3 is 1.55 bits per heavy atom. The minimum Gasteiger partial charge on any atom is -0.399 e. The molecule has 0 radical (unpaired) electrons. The van der Waals surface area contributed by atoms with E-state index >= 15 is 0 Å². The van der Waals surface area contributed by atoms with Gasteiger partial charge in [0.1, 0.15) is 0 Å². The lowest BCUT2D eigenvalue weighted by Crippen LogP contribution is -2.41. The number of rotatable bonds is 4. The van der Waals surface area contributed by atoms with Crippen LogP contribution in [0.2, 0.25) is 0 Å². The molecule has 2 nitrogen and oxygen atoms in total. The van der Waals surface area contributed by atoms with E-state index in [9.17, 15) is 0 Å². The predicted molar refractivity (Wildman–Crippen MR) is 131 cm³/mol. The average Bonchev–Trinajstić information content (AvgIpc) is 2.95. The van der Waals surface area contributed by atoms with Gasteiger partial charge >= 0.3 is 7.12 Å². The molecule has 1 saturated heterocycles. The van der Waals surface area contributed by atoms with Gasteiger partial charge in [-0.1, -0.05) is 78.9 Å². The van der Waals surface area contributed by atoms with Gasteiger partial charge in [-0.05, 0) is 80.4 Å². The molecule has 0 saturated carbocycles. The Hall–Kier alpha value is -2.62. The highest BCUT2D eigenvalue weighted by Gasteiger charge is 2.53. The summed E-state index contributed by atoms with van der Waals surface area (Å²) in [6, 6.07) is 27.6. The van der Waals surface area contributed by atoms with Crippen molar-refractivity contribution in [2.24, 2.45) is 0 Å². The summed E-state index contributed by atoms with van der Waals surface area (Å²) in [7, 11) is -0.471. The molecule has 158 valence electrons. The monoisotopic (exact) mass is 410 g/mol. The normalized spacial score (nSPS) is 18.1. The molecule has 3 aromatic rings. The topological polar surface area (TPSA) is 18.5 Å². The first-order valence-corrected chi connectivity index (χ1v) is 11.0. The Balaban J connectivity index is 2.08. The van der Waals surface area contributed by atoms with Crippen LogP contribution in [0.15, 0.2) is 78.9 Å². The lowest BCUT2D eigenvalue weighted by Gasteiger charge is -2.32. The molecule has 1 fully saturated rings. The third-order valence-corrected chi connectivity index (χ3v) is 6.64. The van der Waals surface area contributed by atoms with Crippen molar-refractivity contribution in [1.29, 1.82) is 0 Å². The van der Waals surface area contributed by atoms with Gasteiger partial charge in [-0.2, -0.15) is 0 Å². The molecule has 0 spiro atoms. The van der Waals surface area contributed by atoms with Gasteiger partial charge in [0, 0.05) is 0 Å². The summed E-state index contributed by atoms with van der Waals surface area (Å²) in [6.45, 7) is 12.8. The molecule has 3 aromatic carbocycles. The molecule has 1 aliphatic heterocycles. The second kappa shape index (κ2) is 8.14. The van der Waals surface area contributed by atoms with Crippen LogP contribution in [-0.4, -0.2) is 18.3 Å². The van der Waals surface area contributed by atoms with Crippen LogP contribution in [-0.2, 0) is 9.31 Å². The van der Waals surface area contributed by atoms with Gasteiger partial charge in [0.05, 0.1) is 11.2 Å². The van der Waals surface area contributed by atoms with Gasteiger partial charge < -0.3 is 9.31 Å². The molecule has 1 aliphatic rings. The first-order valence-electron chi connectivity index (χ1n) is 11.0. The fourth-order valence-electron chi connectivity index (χ4n) is 4.23. The minimum absolute atomic E-state index is 0.416. The van der Waals surface area contributed by atoms with Gasteiger partial charge in [-0.25, -0.2) is 0 Å². The van der Waals surface area contributed by atoms with E-state index < -0.39 is 18.3 Å². The van der Waals surface area contributed by atoms with Crippen LogP contribution in [0.5, 0.6) is 0 Å². The maximum Gasteiger partial charge on any atom is 0.496 e. The molecule has 0 aromatic heterocycles. The summed E-state index contributed by atoms with van der Waals surface area (Å²) in [5.74, 6) is 0. The second-order valence-corrected chi connectivity index (χ2v) is 9.38. The SMILES string of the molecule is Cc1cccc(C)c1/C(=C(/B1OC(C)(C)C(C)(C)O1)c1ccccc1)c1ccccc1. The molecule has 0 bridgehead atoms. The Kier molecular flexibility index (Phi) is 5.68. The maximum absolute atomic E-state index is 6.60. The highest BCUT2D eigenvalue weighted by atomic mass is 16.7. The van der Waals surface area contributed by atoms with Crippen LogP contribution in [0.25, 0.3) is 11.0 Å². The lowest BCUT2D eigenvalue weighted by molar-refractivity contribution is 0.00578. The van der Waals surface area contributed by atoms with E-state index in [0.29, 0.717) is 0 Å². The van der Waals surface area contributed by atoms with E-state index in [1.165, 1.54) is 22.3 Å². The molecule has 31 heavy (non-hydrogen) atoms. The molecular formula is C28H31BO2. The largest absolute Gasteiger partial charge is 0.496 e. The molecule has 4 rings (SSSR count). The van der Waals surface area contributed by atoms with Crippen molar-refractivity contribution >= 4 is 18.2 Å². The van der Waals surface area contributed by atoms with E-state index in [2.05, 4.69) is 114 Å². The van der Waals surface area contributed by atoms with E-state index in [-0.39, 0.29) is 0 Å².